The molecule has 2 rings (SSSR count). The molecule has 0 saturated heterocycles. The summed E-state index contributed by atoms with van der Waals surface area (Å²) in [6, 6.07) is 12.8. The van der Waals surface area contributed by atoms with E-state index in [9.17, 15) is 4.79 Å². The van der Waals surface area contributed by atoms with E-state index in [1.807, 2.05) is 30.3 Å². The van der Waals surface area contributed by atoms with Crippen LogP contribution < -0.4 is 15.2 Å². The van der Waals surface area contributed by atoms with E-state index in [4.69, 9.17) is 19.9 Å². The van der Waals surface area contributed by atoms with E-state index in [0.717, 1.165) is 16.9 Å². The van der Waals surface area contributed by atoms with E-state index in [2.05, 4.69) is 0 Å². The Kier molecular flexibility index (Phi) is 5.38. The van der Waals surface area contributed by atoms with Gasteiger partial charge in [-0.1, -0.05) is 12.1 Å². The first-order chi connectivity index (χ1) is 10.7. The number of esters is 1. The van der Waals surface area contributed by atoms with Crippen LogP contribution in [0.3, 0.4) is 0 Å². The number of methoxy groups -OCH3 is 2. The number of hydrogen-bond acceptors (Lipinski definition) is 5. The van der Waals surface area contributed by atoms with Crippen molar-refractivity contribution in [3.05, 3.63) is 48.0 Å². The third-order valence-corrected chi connectivity index (χ3v) is 3.12. The largest absolute Gasteiger partial charge is 0.497 e. The summed E-state index contributed by atoms with van der Waals surface area (Å²) in [4.78, 5) is 11.8. The number of rotatable bonds is 6. The number of carbonyl (C=O) groups excluding carboxylic acids is 1. The Labute approximate surface area is 129 Å². The van der Waals surface area contributed by atoms with Gasteiger partial charge >= 0.3 is 5.97 Å². The minimum Gasteiger partial charge on any atom is -0.497 e. The average Bonchev–Trinajstić information content (AvgIpc) is 2.58. The van der Waals surface area contributed by atoms with Crippen LogP contribution >= 0.6 is 0 Å². The summed E-state index contributed by atoms with van der Waals surface area (Å²) in [7, 11) is 2.96. The van der Waals surface area contributed by atoms with Crippen molar-refractivity contribution in [3.63, 3.8) is 0 Å². The Morgan fingerprint density at radius 3 is 2.50 bits per heavy atom. The van der Waals surface area contributed by atoms with Crippen molar-refractivity contribution in [1.29, 1.82) is 0 Å². The van der Waals surface area contributed by atoms with E-state index in [-0.39, 0.29) is 0 Å². The Morgan fingerprint density at radius 1 is 1.05 bits per heavy atom. The quantitative estimate of drug-likeness (QED) is 0.830. The lowest BCUT2D eigenvalue weighted by Gasteiger charge is -2.11. The predicted octanol–water partition coefficient (Wildman–Crippen LogP) is 2.49. The van der Waals surface area contributed by atoms with Crippen LogP contribution in [0.25, 0.3) is 11.1 Å². The fraction of sp³-hybridized carbons (Fsp3) is 0.235. The third kappa shape index (κ3) is 3.77. The van der Waals surface area contributed by atoms with E-state index < -0.39 is 5.97 Å². The van der Waals surface area contributed by atoms with Gasteiger partial charge in [0.05, 0.1) is 19.8 Å². The SMILES string of the molecule is COC(=O)c1cc(OCCN)cc(-c2cccc(OC)c2)c1. The van der Waals surface area contributed by atoms with Gasteiger partial charge in [0.25, 0.3) is 0 Å². The maximum Gasteiger partial charge on any atom is 0.338 e. The topological polar surface area (TPSA) is 70.8 Å². The molecule has 0 atom stereocenters. The minimum atomic E-state index is -0.414. The van der Waals surface area contributed by atoms with Crippen LogP contribution in [0.15, 0.2) is 42.5 Å². The second kappa shape index (κ2) is 7.47. The molecule has 0 unspecified atom stereocenters. The van der Waals surface area contributed by atoms with Crippen LogP contribution in [0.5, 0.6) is 11.5 Å². The zero-order valence-corrected chi connectivity index (χ0v) is 12.7. The van der Waals surface area contributed by atoms with Gasteiger partial charge in [0.2, 0.25) is 0 Å². The fourth-order valence-corrected chi connectivity index (χ4v) is 2.06. The van der Waals surface area contributed by atoms with Gasteiger partial charge in [-0.05, 0) is 41.5 Å². The van der Waals surface area contributed by atoms with Gasteiger partial charge in [-0.2, -0.15) is 0 Å². The number of nitrogens with two attached hydrogens (primary N) is 1. The second-order valence-electron chi connectivity index (χ2n) is 4.61. The summed E-state index contributed by atoms with van der Waals surface area (Å²) in [6.07, 6.45) is 0. The monoisotopic (exact) mass is 301 g/mol. The van der Waals surface area contributed by atoms with Crippen molar-refractivity contribution in [2.24, 2.45) is 5.73 Å². The van der Waals surface area contributed by atoms with Crippen LogP contribution in [0.2, 0.25) is 0 Å². The molecule has 0 aliphatic heterocycles. The van der Waals surface area contributed by atoms with Crippen molar-refractivity contribution in [3.8, 4) is 22.6 Å². The molecular formula is C17H19NO4. The molecule has 22 heavy (non-hydrogen) atoms. The van der Waals surface area contributed by atoms with Crippen molar-refractivity contribution in [2.45, 2.75) is 0 Å². The van der Waals surface area contributed by atoms with E-state index in [0.29, 0.717) is 24.5 Å². The molecule has 0 amide bonds. The Bertz CT molecular complexity index is 655. The summed E-state index contributed by atoms with van der Waals surface area (Å²) >= 11 is 0. The van der Waals surface area contributed by atoms with Gasteiger partial charge in [-0.3, -0.25) is 0 Å². The summed E-state index contributed by atoms with van der Waals surface area (Å²) < 4.78 is 15.6. The van der Waals surface area contributed by atoms with E-state index in [1.54, 1.807) is 19.2 Å². The van der Waals surface area contributed by atoms with Gasteiger partial charge in [-0.15, -0.1) is 0 Å². The highest BCUT2D eigenvalue weighted by atomic mass is 16.5. The molecule has 116 valence electrons. The van der Waals surface area contributed by atoms with Gasteiger partial charge in [0, 0.05) is 6.54 Å². The molecule has 2 aromatic carbocycles. The van der Waals surface area contributed by atoms with Crippen LogP contribution in [0.4, 0.5) is 0 Å². The normalized spacial score (nSPS) is 10.1. The molecule has 0 spiro atoms. The maximum atomic E-state index is 11.8. The molecule has 0 radical (unpaired) electrons. The van der Waals surface area contributed by atoms with Crippen molar-refractivity contribution in [2.75, 3.05) is 27.4 Å². The highest BCUT2D eigenvalue weighted by Gasteiger charge is 2.11. The second-order valence-corrected chi connectivity index (χ2v) is 4.61. The molecule has 0 saturated carbocycles. The van der Waals surface area contributed by atoms with Crippen molar-refractivity contribution < 1.29 is 19.0 Å². The van der Waals surface area contributed by atoms with Gasteiger partial charge in [0.1, 0.15) is 18.1 Å². The zero-order valence-electron chi connectivity index (χ0n) is 12.7. The molecule has 2 aromatic rings. The van der Waals surface area contributed by atoms with Crippen molar-refractivity contribution >= 4 is 5.97 Å². The minimum absolute atomic E-state index is 0.377. The van der Waals surface area contributed by atoms with Crippen LogP contribution in [0.1, 0.15) is 10.4 Å². The Morgan fingerprint density at radius 2 is 1.82 bits per heavy atom. The van der Waals surface area contributed by atoms with Crippen molar-refractivity contribution in [1.82, 2.24) is 0 Å². The molecule has 0 aromatic heterocycles. The lowest BCUT2D eigenvalue weighted by molar-refractivity contribution is 0.0600. The van der Waals surface area contributed by atoms with Gasteiger partial charge < -0.3 is 19.9 Å². The molecule has 0 aliphatic carbocycles. The molecule has 0 heterocycles. The van der Waals surface area contributed by atoms with Crippen LogP contribution in [0, 0.1) is 0 Å². The predicted molar refractivity (Wildman–Crippen MR) is 84.3 cm³/mol. The molecule has 0 bridgehead atoms. The number of ether oxygens (including phenoxy) is 3. The Balaban J connectivity index is 2.46. The number of hydrogen-bond donors (Lipinski definition) is 1. The first-order valence-electron chi connectivity index (χ1n) is 6.88. The summed E-state index contributed by atoms with van der Waals surface area (Å²) in [5.41, 5.74) is 7.64. The highest BCUT2D eigenvalue weighted by molar-refractivity contribution is 5.91. The smallest absolute Gasteiger partial charge is 0.338 e. The van der Waals surface area contributed by atoms with Gasteiger partial charge in [0.15, 0.2) is 0 Å². The molecule has 0 fully saturated rings. The fourth-order valence-electron chi connectivity index (χ4n) is 2.06. The molecule has 5 heteroatoms. The lowest BCUT2D eigenvalue weighted by Crippen LogP contribution is -2.11. The average molecular weight is 301 g/mol. The number of carbonyl (C=O) groups is 1. The molecular weight excluding hydrogens is 282 g/mol. The number of benzene rings is 2. The third-order valence-electron chi connectivity index (χ3n) is 3.12. The summed E-state index contributed by atoms with van der Waals surface area (Å²) in [6.45, 7) is 0.777. The lowest BCUT2D eigenvalue weighted by atomic mass is 10.0. The van der Waals surface area contributed by atoms with Crippen LogP contribution in [-0.4, -0.2) is 33.3 Å². The highest BCUT2D eigenvalue weighted by Crippen LogP contribution is 2.29. The molecule has 5 nitrogen and oxygen atoms in total. The maximum absolute atomic E-state index is 11.8. The van der Waals surface area contributed by atoms with Gasteiger partial charge in [-0.25, -0.2) is 4.79 Å². The summed E-state index contributed by atoms with van der Waals surface area (Å²) in [5, 5.41) is 0. The molecule has 0 aliphatic rings. The first kappa shape index (κ1) is 15.9. The van der Waals surface area contributed by atoms with Crippen LogP contribution in [-0.2, 0) is 4.74 Å². The standard InChI is InChI=1S/C17H19NO4/c1-20-15-5-3-4-12(9-15)13-8-14(17(19)21-2)11-16(10-13)22-7-6-18/h3-5,8-11H,6-7,18H2,1-2H3. The zero-order chi connectivity index (χ0) is 15.9. The van der Waals surface area contributed by atoms with E-state index >= 15 is 0 Å². The summed E-state index contributed by atoms with van der Waals surface area (Å²) in [5.74, 6) is 0.902. The molecule has 2 N–H and O–H groups in total. The van der Waals surface area contributed by atoms with E-state index in [1.165, 1.54) is 7.11 Å². The first-order valence-corrected chi connectivity index (χ1v) is 6.88. The Hall–Kier alpha value is -2.53.